The maximum atomic E-state index is 11.9. The molecule has 0 amide bonds. The van der Waals surface area contributed by atoms with Gasteiger partial charge in [0, 0.05) is 41.3 Å². The molecule has 1 aromatic heterocycles. The monoisotopic (exact) mass is 364 g/mol. The maximum absolute atomic E-state index is 11.9. The molecule has 27 heavy (non-hydrogen) atoms. The topological polar surface area (TPSA) is 63.5 Å². The van der Waals surface area contributed by atoms with Crippen LogP contribution in [0, 0.1) is 13.8 Å². The van der Waals surface area contributed by atoms with Crippen molar-refractivity contribution in [3.05, 3.63) is 82.7 Å². The molecule has 3 aromatic rings. The second-order valence-electron chi connectivity index (χ2n) is 6.42. The Morgan fingerprint density at radius 2 is 1.67 bits per heavy atom. The van der Waals surface area contributed by atoms with Gasteiger partial charge in [-0.3, -0.25) is 0 Å². The first kappa shape index (κ1) is 18.7. The molecule has 2 aromatic carbocycles. The van der Waals surface area contributed by atoms with Gasteiger partial charge in [0.25, 0.3) is 0 Å². The van der Waals surface area contributed by atoms with E-state index in [9.17, 15) is 9.90 Å². The van der Waals surface area contributed by atoms with Crippen molar-refractivity contribution in [3.63, 3.8) is 0 Å². The zero-order valence-electron chi connectivity index (χ0n) is 15.8. The molecule has 0 spiro atoms. The van der Waals surface area contributed by atoms with Crippen molar-refractivity contribution >= 4 is 5.97 Å². The summed E-state index contributed by atoms with van der Waals surface area (Å²) in [5.41, 5.74) is 4.84. The molecule has 0 fully saturated rings. The number of hydrogen-bond donors (Lipinski definition) is 2. The maximum Gasteiger partial charge on any atom is 0.337 e. The SMILES string of the molecule is COc1ccccc1CNCc1c(C(=O)O)c(C)n(-c2ccccc2)c1C. The first-order valence-corrected chi connectivity index (χ1v) is 8.86. The number of aromatic carboxylic acids is 1. The van der Waals surface area contributed by atoms with E-state index < -0.39 is 5.97 Å². The summed E-state index contributed by atoms with van der Waals surface area (Å²) in [6.07, 6.45) is 0. The number of ether oxygens (including phenoxy) is 1. The molecular formula is C22H24N2O3. The van der Waals surface area contributed by atoms with Gasteiger partial charge in [-0.15, -0.1) is 0 Å². The highest BCUT2D eigenvalue weighted by molar-refractivity contribution is 5.91. The number of methoxy groups -OCH3 is 1. The fourth-order valence-electron chi connectivity index (χ4n) is 3.53. The van der Waals surface area contributed by atoms with Crippen LogP contribution in [0.15, 0.2) is 54.6 Å². The van der Waals surface area contributed by atoms with Crippen molar-refractivity contribution in [2.75, 3.05) is 7.11 Å². The molecule has 0 atom stereocenters. The van der Waals surface area contributed by atoms with E-state index >= 15 is 0 Å². The van der Waals surface area contributed by atoms with Crippen LogP contribution in [0.25, 0.3) is 5.69 Å². The van der Waals surface area contributed by atoms with Gasteiger partial charge >= 0.3 is 5.97 Å². The minimum atomic E-state index is -0.903. The van der Waals surface area contributed by atoms with E-state index in [1.54, 1.807) is 7.11 Å². The molecule has 0 bridgehead atoms. The summed E-state index contributed by atoms with van der Waals surface area (Å²) in [6, 6.07) is 17.6. The van der Waals surface area contributed by atoms with Crippen LogP contribution in [-0.4, -0.2) is 22.8 Å². The van der Waals surface area contributed by atoms with Crippen LogP contribution >= 0.6 is 0 Å². The summed E-state index contributed by atoms with van der Waals surface area (Å²) in [5.74, 6) is -0.0856. The number of nitrogens with zero attached hydrogens (tertiary/aromatic N) is 1. The van der Waals surface area contributed by atoms with Crippen molar-refractivity contribution in [2.45, 2.75) is 26.9 Å². The predicted molar refractivity (Wildman–Crippen MR) is 106 cm³/mol. The summed E-state index contributed by atoms with van der Waals surface area (Å²) in [5, 5.41) is 13.1. The molecule has 0 unspecified atom stereocenters. The summed E-state index contributed by atoms with van der Waals surface area (Å²) in [7, 11) is 1.65. The smallest absolute Gasteiger partial charge is 0.337 e. The minimum Gasteiger partial charge on any atom is -0.496 e. The van der Waals surface area contributed by atoms with Gasteiger partial charge < -0.3 is 19.7 Å². The van der Waals surface area contributed by atoms with E-state index in [-0.39, 0.29) is 0 Å². The van der Waals surface area contributed by atoms with Gasteiger partial charge in [0.05, 0.1) is 12.7 Å². The van der Waals surface area contributed by atoms with Crippen molar-refractivity contribution in [2.24, 2.45) is 0 Å². The molecule has 0 aliphatic heterocycles. The zero-order chi connectivity index (χ0) is 19.4. The summed E-state index contributed by atoms with van der Waals surface area (Å²) in [6.45, 7) is 4.88. The van der Waals surface area contributed by atoms with E-state index in [0.717, 1.165) is 34.0 Å². The van der Waals surface area contributed by atoms with Crippen LogP contribution in [0.3, 0.4) is 0 Å². The molecule has 0 radical (unpaired) electrons. The van der Waals surface area contributed by atoms with Gasteiger partial charge in [-0.05, 0) is 32.0 Å². The van der Waals surface area contributed by atoms with Crippen LogP contribution in [0.1, 0.15) is 32.9 Å². The summed E-state index contributed by atoms with van der Waals surface area (Å²) >= 11 is 0. The number of benzene rings is 2. The standard InChI is InChI=1S/C22H24N2O3/c1-15-19(14-23-13-17-9-7-8-12-20(17)27-3)21(22(25)26)16(2)24(15)18-10-5-4-6-11-18/h4-12,23H,13-14H2,1-3H3,(H,25,26). The third kappa shape index (κ3) is 3.73. The highest BCUT2D eigenvalue weighted by atomic mass is 16.5. The first-order valence-electron chi connectivity index (χ1n) is 8.86. The Hall–Kier alpha value is -3.05. The lowest BCUT2D eigenvalue weighted by Crippen LogP contribution is -2.16. The van der Waals surface area contributed by atoms with Crippen molar-refractivity contribution in [3.8, 4) is 11.4 Å². The number of hydrogen-bond acceptors (Lipinski definition) is 3. The number of rotatable bonds is 7. The number of carboxylic acid groups (broad SMARTS) is 1. The lowest BCUT2D eigenvalue weighted by Gasteiger charge is -2.11. The molecule has 2 N–H and O–H groups in total. The molecule has 3 rings (SSSR count). The Kier molecular flexibility index (Phi) is 5.62. The van der Waals surface area contributed by atoms with Crippen LogP contribution < -0.4 is 10.1 Å². The van der Waals surface area contributed by atoms with E-state index in [2.05, 4.69) is 5.32 Å². The van der Waals surface area contributed by atoms with E-state index in [1.165, 1.54) is 0 Å². The Labute approximate surface area is 159 Å². The predicted octanol–water partition coefficient (Wildman–Crippen LogP) is 4.09. The second kappa shape index (κ2) is 8.10. The molecule has 5 nitrogen and oxygen atoms in total. The summed E-state index contributed by atoms with van der Waals surface area (Å²) in [4.78, 5) is 11.9. The largest absolute Gasteiger partial charge is 0.496 e. The van der Waals surface area contributed by atoms with E-state index in [4.69, 9.17) is 4.74 Å². The van der Waals surface area contributed by atoms with Crippen molar-refractivity contribution in [1.29, 1.82) is 0 Å². The number of nitrogens with one attached hydrogen (secondary N) is 1. The Morgan fingerprint density at radius 3 is 2.33 bits per heavy atom. The minimum absolute atomic E-state index is 0.365. The second-order valence-corrected chi connectivity index (χ2v) is 6.42. The zero-order valence-corrected chi connectivity index (χ0v) is 15.8. The lowest BCUT2D eigenvalue weighted by atomic mass is 10.1. The number of carbonyl (C=O) groups is 1. The van der Waals surface area contributed by atoms with Gasteiger partial charge in [0.1, 0.15) is 5.75 Å². The Morgan fingerprint density at radius 1 is 1.00 bits per heavy atom. The summed E-state index contributed by atoms with van der Waals surface area (Å²) < 4.78 is 7.38. The molecule has 0 saturated heterocycles. The molecule has 140 valence electrons. The average molecular weight is 364 g/mol. The fourth-order valence-corrected chi connectivity index (χ4v) is 3.53. The van der Waals surface area contributed by atoms with Gasteiger partial charge in [-0.2, -0.15) is 0 Å². The van der Waals surface area contributed by atoms with Gasteiger partial charge in [-0.1, -0.05) is 36.4 Å². The van der Waals surface area contributed by atoms with E-state index in [1.807, 2.05) is 73.0 Å². The molecule has 0 saturated carbocycles. The van der Waals surface area contributed by atoms with Gasteiger partial charge in [0.15, 0.2) is 0 Å². The van der Waals surface area contributed by atoms with Gasteiger partial charge in [0.2, 0.25) is 0 Å². The van der Waals surface area contributed by atoms with Crippen LogP contribution in [-0.2, 0) is 13.1 Å². The Bertz CT molecular complexity index is 946. The lowest BCUT2D eigenvalue weighted by molar-refractivity contribution is 0.0695. The highest BCUT2D eigenvalue weighted by Gasteiger charge is 2.23. The highest BCUT2D eigenvalue weighted by Crippen LogP contribution is 2.26. The van der Waals surface area contributed by atoms with E-state index in [0.29, 0.717) is 18.7 Å². The first-order chi connectivity index (χ1) is 13.0. The molecule has 1 heterocycles. The van der Waals surface area contributed by atoms with Gasteiger partial charge in [-0.25, -0.2) is 4.79 Å². The number of aromatic nitrogens is 1. The third-order valence-corrected chi connectivity index (χ3v) is 4.81. The quantitative estimate of drug-likeness (QED) is 0.663. The average Bonchev–Trinajstić information content (AvgIpc) is 2.93. The molecule has 5 heteroatoms. The van der Waals surface area contributed by atoms with Crippen molar-refractivity contribution in [1.82, 2.24) is 9.88 Å². The number of para-hydroxylation sites is 2. The third-order valence-electron chi connectivity index (χ3n) is 4.81. The normalized spacial score (nSPS) is 10.8. The molecular weight excluding hydrogens is 340 g/mol. The molecule has 0 aliphatic carbocycles. The van der Waals surface area contributed by atoms with Crippen LogP contribution in [0.2, 0.25) is 0 Å². The molecule has 0 aliphatic rings. The fraction of sp³-hybridized carbons (Fsp3) is 0.227. The number of carboxylic acids is 1. The van der Waals surface area contributed by atoms with Crippen LogP contribution in [0.4, 0.5) is 0 Å². The van der Waals surface area contributed by atoms with Crippen LogP contribution in [0.5, 0.6) is 5.75 Å². The Balaban J connectivity index is 1.90. The van der Waals surface area contributed by atoms with Crippen molar-refractivity contribution < 1.29 is 14.6 Å².